The van der Waals surface area contributed by atoms with Crippen molar-refractivity contribution >= 4 is 16.9 Å². The van der Waals surface area contributed by atoms with Gasteiger partial charge in [-0.15, -0.1) is 0 Å². The molecule has 2 aromatic carbocycles. The number of carbonyl (C=O) groups excluding carboxylic acids is 1. The summed E-state index contributed by atoms with van der Waals surface area (Å²) >= 11 is 0. The minimum absolute atomic E-state index is 0.0386. The number of rotatable bonds is 7. The van der Waals surface area contributed by atoms with Crippen LogP contribution >= 0.6 is 0 Å². The van der Waals surface area contributed by atoms with Gasteiger partial charge in [-0.25, -0.2) is 0 Å². The maximum Gasteiger partial charge on any atom is 0.287 e. The first-order valence-corrected chi connectivity index (χ1v) is 10.8. The average Bonchev–Trinajstić information content (AvgIpc) is 3.34. The number of likely N-dealkylation sites (tertiary alicyclic amines) is 1. The smallest absolute Gasteiger partial charge is 0.287 e. The summed E-state index contributed by atoms with van der Waals surface area (Å²) < 4.78 is 11.0. The number of carbonyl (C=O) groups is 1. The van der Waals surface area contributed by atoms with Crippen molar-refractivity contribution < 1.29 is 13.9 Å². The minimum atomic E-state index is -0.378. The molecule has 1 N–H and O–H groups in total. The SMILES string of the molecule is CCc1ccc2oc(C(=O)NC[C@H](c3ccc(OC)cc3)N3CCCC3)cc(=O)c2c1. The molecule has 1 aliphatic rings. The molecule has 3 aromatic rings. The highest BCUT2D eigenvalue weighted by Gasteiger charge is 2.24. The van der Waals surface area contributed by atoms with Crippen LogP contribution in [0.5, 0.6) is 5.75 Å². The Bertz CT molecular complexity index is 1110. The van der Waals surface area contributed by atoms with E-state index in [1.807, 2.05) is 43.3 Å². The second-order valence-electron chi connectivity index (χ2n) is 7.90. The van der Waals surface area contributed by atoms with Gasteiger partial charge >= 0.3 is 0 Å². The van der Waals surface area contributed by atoms with Crippen molar-refractivity contribution in [3.8, 4) is 5.75 Å². The lowest BCUT2D eigenvalue weighted by atomic mass is 10.1. The van der Waals surface area contributed by atoms with Crippen LogP contribution < -0.4 is 15.5 Å². The van der Waals surface area contributed by atoms with Gasteiger partial charge in [0.25, 0.3) is 5.91 Å². The average molecular weight is 421 g/mol. The third kappa shape index (κ3) is 4.64. The normalized spacial score (nSPS) is 15.2. The van der Waals surface area contributed by atoms with E-state index in [0.29, 0.717) is 17.5 Å². The number of nitrogens with zero attached hydrogens (tertiary/aromatic N) is 1. The molecule has 0 saturated carbocycles. The lowest BCUT2D eigenvalue weighted by Crippen LogP contribution is -2.37. The summed E-state index contributed by atoms with van der Waals surface area (Å²) in [7, 11) is 1.65. The van der Waals surface area contributed by atoms with Gasteiger partial charge in [-0.05, 0) is 67.7 Å². The van der Waals surface area contributed by atoms with Gasteiger partial charge in [0.1, 0.15) is 11.3 Å². The second kappa shape index (κ2) is 9.35. The summed E-state index contributed by atoms with van der Waals surface area (Å²) in [6, 6.07) is 14.8. The van der Waals surface area contributed by atoms with Crippen LogP contribution in [-0.2, 0) is 6.42 Å². The van der Waals surface area contributed by atoms with Gasteiger partial charge in [-0.3, -0.25) is 14.5 Å². The topological polar surface area (TPSA) is 71.8 Å². The number of aryl methyl sites for hydroxylation is 1. The van der Waals surface area contributed by atoms with Gasteiger partial charge in [0, 0.05) is 12.6 Å². The summed E-state index contributed by atoms with van der Waals surface area (Å²) in [5.41, 5.74) is 2.41. The van der Waals surface area contributed by atoms with E-state index in [2.05, 4.69) is 10.2 Å². The Kier molecular flexibility index (Phi) is 6.37. The standard InChI is InChI=1S/C25H28N2O4/c1-3-17-6-11-23-20(14-17)22(28)15-24(31-23)25(29)26-16-21(27-12-4-5-13-27)18-7-9-19(30-2)10-8-18/h6-11,14-15,21H,3-5,12-13,16H2,1-2H3,(H,26,29)/t21-/m1/s1. The molecule has 0 unspecified atom stereocenters. The van der Waals surface area contributed by atoms with Gasteiger partial charge in [0.2, 0.25) is 0 Å². The molecule has 0 aliphatic carbocycles. The maximum atomic E-state index is 12.8. The summed E-state index contributed by atoms with van der Waals surface area (Å²) in [6.45, 7) is 4.46. The van der Waals surface area contributed by atoms with Crippen LogP contribution in [0.15, 0.2) is 57.7 Å². The Morgan fingerprint density at radius 3 is 2.55 bits per heavy atom. The van der Waals surface area contributed by atoms with Crippen LogP contribution in [0.1, 0.15) is 47.5 Å². The highest BCUT2D eigenvalue weighted by Crippen LogP contribution is 2.26. The maximum absolute atomic E-state index is 12.8. The van der Waals surface area contributed by atoms with Crippen LogP contribution in [0.2, 0.25) is 0 Å². The van der Waals surface area contributed by atoms with E-state index in [1.54, 1.807) is 13.2 Å². The molecule has 4 rings (SSSR count). The Hall–Kier alpha value is -3.12. The molecule has 1 amide bonds. The van der Waals surface area contributed by atoms with Gasteiger partial charge in [0.15, 0.2) is 11.2 Å². The van der Waals surface area contributed by atoms with E-state index in [1.165, 1.54) is 6.07 Å². The zero-order chi connectivity index (χ0) is 21.8. The molecule has 1 saturated heterocycles. The zero-order valence-electron chi connectivity index (χ0n) is 18.0. The van der Waals surface area contributed by atoms with Crippen LogP contribution in [0.4, 0.5) is 0 Å². The van der Waals surface area contributed by atoms with Gasteiger partial charge < -0.3 is 14.5 Å². The lowest BCUT2D eigenvalue weighted by Gasteiger charge is -2.28. The number of hydrogen-bond acceptors (Lipinski definition) is 5. The molecule has 31 heavy (non-hydrogen) atoms. The number of methoxy groups -OCH3 is 1. The molecule has 0 radical (unpaired) electrons. The van der Waals surface area contributed by atoms with E-state index < -0.39 is 0 Å². The van der Waals surface area contributed by atoms with Crippen molar-refractivity contribution in [3.63, 3.8) is 0 Å². The first kappa shape index (κ1) is 21.1. The van der Waals surface area contributed by atoms with Crippen molar-refractivity contribution in [1.29, 1.82) is 0 Å². The highest BCUT2D eigenvalue weighted by atomic mass is 16.5. The fourth-order valence-electron chi connectivity index (χ4n) is 4.15. The third-order valence-electron chi connectivity index (χ3n) is 5.96. The third-order valence-corrected chi connectivity index (χ3v) is 5.96. The summed E-state index contributed by atoms with van der Waals surface area (Å²) in [5.74, 6) is 0.463. The number of ether oxygens (including phenoxy) is 1. The van der Waals surface area contributed by atoms with Crippen LogP contribution in [0.3, 0.4) is 0 Å². The predicted molar refractivity (Wildman–Crippen MR) is 121 cm³/mol. The molecule has 1 aromatic heterocycles. The minimum Gasteiger partial charge on any atom is -0.497 e. The Balaban J connectivity index is 1.53. The van der Waals surface area contributed by atoms with Gasteiger partial charge in [-0.2, -0.15) is 0 Å². The first-order valence-electron chi connectivity index (χ1n) is 10.8. The largest absolute Gasteiger partial charge is 0.497 e. The quantitative estimate of drug-likeness (QED) is 0.627. The van der Waals surface area contributed by atoms with Crippen molar-refractivity contribution in [2.45, 2.75) is 32.2 Å². The Morgan fingerprint density at radius 2 is 1.87 bits per heavy atom. The molecular weight excluding hydrogens is 392 g/mol. The van der Waals surface area contributed by atoms with E-state index in [-0.39, 0.29) is 23.1 Å². The van der Waals surface area contributed by atoms with Crippen molar-refractivity contribution in [2.24, 2.45) is 0 Å². The van der Waals surface area contributed by atoms with E-state index in [0.717, 1.165) is 49.2 Å². The molecule has 0 bridgehead atoms. The van der Waals surface area contributed by atoms with E-state index >= 15 is 0 Å². The monoisotopic (exact) mass is 420 g/mol. The van der Waals surface area contributed by atoms with Crippen LogP contribution in [0, 0.1) is 0 Å². The fourth-order valence-corrected chi connectivity index (χ4v) is 4.15. The Morgan fingerprint density at radius 1 is 1.13 bits per heavy atom. The predicted octanol–water partition coefficient (Wildman–Crippen LogP) is 3.93. The molecule has 6 heteroatoms. The summed E-state index contributed by atoms with van der Waals surface area (Å²) in [6.07, 6.45) is 3.14. The molecule has 1 aliphatic heterocycles. The first-order chi connectivity index (χ1) is 15.1. The van der Waals surface area contributed by atoms with Crippen molar-refractivity contribution in [1.82, 2.24) is 10.2 Å². The lowest BCUT2D eigenvalue weighted by molar-refractivity contribution is 0.0910. The molecule has 0 spiro atoms. The van der Waals surface area contributed by atoms with Crippen LogP contribution in [0.25, 0.3) is 11.0 Å². The molecule has 6 nitrogen and oxygen atoms in total. The molecule has 1 atom stereocenters. The summed E-state index contributed by atoms with van der Waals surface area (Å²) in [5, 5.41) is 3.48. The summed E-state index contributed by atoms with van der Waals surface area (Å²) in [4.78, 5) is 27.8. The number of fused-ring (bicyclic) bond motifs is 1. The Labute approximate surface area is 181 Å². The molecule has 1 fully saturated rings. The number of nitrogens with one attached hydrogen (secondary N) is 1. The number of amides is 1. The van der Waals surface area contributed by atoms with E-state index in [4.69, 9.17) is 9.15 Å². The molecule has 2 heterocycles. The van der Waals surface area contributed by atoms with Crippen LogP contribution in [-0.4, -0.2) is 37.6 Å². The van der Waals surface area contributed by atoms with Gasteiger partial charge in [-0.1, -0.05) is 25.1 Å². The highest BCUT2D eigenvalue weighted by molar-refractivity contribution is 5.93. The number of hydrogen-bond donors (Lipinski definition) is 1. The van der Waals surface area contributed by atoms with Crippen molar-refractivity contribution in [3.05, 3.63) is 75.6 Å². The van der Waals surface area contributed by atoms with Crippen molar-refractivity contribution in [2.75, 3.05) is 26.7 Å². The molecular formula is C25H28N2O4. The number of benzene rings is 2. The van der Waals surface area contributed by atoms with E-state index in [9.17, 15) is 9.59 Å². The molecule has 162 valence electrons. The second-order valence-corrected chi connectivity index (χ2v) is 7.90. The zero-order valence-corrected chi connectivity index (χ0v) is 18.0. The van der Waals surface area contributed by atoms with Gasteiger partial charge in [0.05, 0.1) is 18.5 Å². The fraction of sp³-hybridized carbons (Fsp3) is 0.360.